The summed E-state index contributed by atoms with van der Waals surface area (Å²) in [5.74, 6) is 1.16. The molecular formula is C11H14BrNO3. The molecule has 0 aliphatic carbocycles. The van der Waals surface area contributed by atoms with E-state index in [-0.39, 0.29) is 10.7 Å². The van der Waals surface area contributed by atoms with E-state index in [0.29, 0.717) is 17.2 Å². The third kappa shape index (κ3) is 3.41. The summed E-state index contributed by atoms with van der Waals surface area (Å²) in [4.78, 5) is 11.2. The number of benzene rings is 1. The lowest BCUT2D eigenvalue weighted by molar-refractivity contribution is -0.115. The van der Waals surface area contributed by atoms with E-state index in [2.05, 4.69) is 21.2 Å². The van der Waals surface area contributed by atoms with Crippen LogP contribution >= 0.6 is 15.9 Å². The minimum absolute atomic E-state index is 0.115. The second-order valence-electron chi connectivity index (χ2n) is 3.21. The van der Waals surface area contributed by atoms with E-state index in [1.807, 2.05) is 0 Å². The average Bonchev–Trinajstić information content (AvgIpc) is 2.28. The number of rotatable bonds is 4. The van der Waals surface area contributed by atoms with Gasteiger partial charge in [-0.05, 0) is 6.92 Å². The molecule has 4 nitrogen and oxygen atoms in total. The van der Waals surface area contributed by atoms with Gasteiger partial charge >= 0.3 is 0 Å². The number of anilines is 1. The predicted octanol–water partition coefficient (Wildman–Crippen LogP) is 2.43. The van der Waals surface area contributed by atoms with E-state index in [4.69, 9.17) is 9.47 Å². The van der Waals surface area contributed by atoms with Gasteiger partial charge in [0.15, 0.2) is 0 Å². The zero-order chi connectivity index (χ0) is 12.1. The molecule has 0 aliphatic heterocycles. The van der Waals surface area contributed by atoms with Crippen molar-refractivity contribution in [2.45, 2.75) is 11.8 Å². The predicted molar refractivity (Wildman–Crippen MR) is 66.6 cm³/mol. The molecule has 0 radical (unpaired) electrons. The van der Waals surface area contributed by atoms with Gasteiger partial charge in [-0.15, -0.1) is 0 Å². The third-order valence-corrected chi connectivity index (χ3v) is 2.40. The van der Waals surface area contributed by atoms with Crippen LogP contribution in [0.3, 0.4) is 0 Å². The zero-order valence-electron chi connectivity index (χ0n) is 9.41. The van der Waals surface area contributed by atoms with E-state index < -0.39 is 0 Å². The number of carbonyl (C=O) groups excluding carboxylic acids is 1. The van der Waals surface area contributed by atoms with Crippen LogP contribution < -0.4 is 14.8 Å². The van der Waals surface area contributed by atoms with Gasteiger partial charge in [0.25, 0.3) is 0 Å². The molecule has 0 saturated heterocycles. The highest BCUT2D eigenvalue weighted by atomic mass is 79.9. The molecule has 5 heteroatoms. The number of halogens is 1. The van der Waals surface area contributed by atoms with E-state index in [0.717, 1.165) is 0 Å². The van der Waals surface area contributed by atoms with Crippen LogP contribution in [0.2, 0.25) is 0 Å². The van der Waals surface area contributed by atoms with Crippen molar-refractivity contribution in [3.05, 3.63) is 18.2 Å². The third-order valence-electron chi connectivity index (χ3n) is 1.98. The van der Waals surface area contributed by atoms with Crippen LogP contribution in [-0.2, 0) is 4.79 Å². The lowest BCUT2D eigenvalue weighted by Crippen LogP contribution is -2.19. The first-order valence-electron chi connectivity index (χ1n) is 4.75. The second-order valence-corrected chi connectivity index (χ2v) is 4.58. The van der Waals surface area contributed by atoms with Gasteiger partial charge in [0.2, 0.25) is 5.91 Å². The number of alkyl halides is 1. The molecule has 1 rings (SSSR count). The van der Waals surface area contributed by atoms with E-state index in [9.17, 15) is 4.79 Å². The van der Waals surface area contributed by atoms with Crippen LogP contribution in [0.1, 0.15) is 6.92 Å². The van der Waals surface area contributed by atoms with E-state index in [1.165, 1.54) is 0 Å². The van der Waals surface area contributed by atoms with Crippen LogP contribution in [-0.4, -0.2) is 25.0 Å². The first-order valence-corrected chi connectivity index (χ1v) is 5.66. The monoisotopic (exact) mass is 287 g/mol. The first-order chi connectivity index (χ1) is 7.56. The highest BCUT2D eigenvalue weighted by Crippen LogP contribution is 2.25. The smallest absolute Gasteiger partial charge is 0.237 e. The summed E-state index contributed by atoms with van der Waals surface area (Å²) in [6.07, 6.45) is 0. The number of amides is 1. The van der Waals surface area contributed by atoms with Crippen LogP contribution in [0.15, 0.2) is 18.2 Å². The Kier molecular flexibility index (Phi) is 4.61. The van der Waals surface area contributed by atoms with Crippen molar-refractivity contribution in [3.63, 3.8) is 0 Å². The van der Waals surface area contributed by atoms with Gasteiger partial charge in [0, 0.05) is 23.9 Å². The van der Waals surface area contributed by atoms with Gasteiger partial charge in [0.1, 0.15) is 11.5 Å². The van der Waals surface area contributed by atoms with Gasteiger partial charge in [-0.25, -0.2) is 0 Å². The molecular weight excluding hydrogens is 274 g/mol. The summed E-state index contributed by atoms with van der Waals surface area (Å²) in [6, 6.07) is 5.21. The molecule has 16 heavy (non-hydrogen) atoms. The Labute approximate surface area is 103 Å². The summed E-state index contributed by atoms with van der Waals surface area (Å²) in [5, 5.41) is 2.74. The van der Waals surface area contributed by atoms with Crippen LogP contribution in [0, 0.1) is 0 Å². The first kappa shape index (κ1) is 12.8. The minimum Gasteiger partial charge on any atom is -0.497 e. The fourth-order valence-electron chi connectivity index (χ4n) is 1.12. The average molecular weight is 288 g/mol. The molecule has 1 atom stereocenters. The van der Waals surface area contributed by atoms with Crippen molar-refractivity contribution in [1.82, 2.24) is 0 Å². The maximum atomic E-state index is 11.5. The number of hydrogen-bond acceptors (Lipinski definition) is 3. The summed E-state index contributed by atoms with van der Waals surface area (Å²) in [6.45, 7) is 1.76. The summed E-state index contributed by atoms with van der Waals surface area (Å²) in [7, 11) is 3.13. The van der Waals surface area contributed by atoms with E-state index >= 15 is 0 Å². The van der Waals surface area contributed by atoms with Crippen molar-refractivity contribution >= 4 is 27.5 Å². The van der Waals surface area contributed by atoms with Gasteiger partial charge in [-0.3, -0.25) is 4.79 Å². The molecule has 1 N–H and O–H groups in total. The topological polar surface area (TPSA) is 47.6 Å². The number of nitrogens with one attached hydrogen (secondary N) is 1. The normalized spacial score (nSPS) is 11.8. The summed E-state index contributed by atoms with van der Waals surface area (Å²) in [5.41, 5.74) is 0.646. The zero-order valence-corrected chi connectivity index (χ0v) is 11.0. The molecule has 1 aromatic carbocycles. The van der Waals surface area contributed by atoms with Gasteiger partial charge in [-0.2, -0.15) is 0 Å². The Morgan fingerprint density at radius 1 is 1.25 bits per heavy atom. The molecule has 0 aliphatic rings. The van der Waals surface area contributed by atoms with Crippen molar-refractivity contribution in [3.8, 4) is 11.5 Å². The maximum absolute atomic E-state index is 11.5. The van der Waals surface area contributed by atoms with Crippen molar-refractivity contribution in [2.24, 2.45) is 0 Å². The summed E-state index contributed by atoms with van der Waals surface area (Å²) >= 11 is 3.19. The number of hydrogen-bond donors (Lipinski definition) is 1. The molecule has 1 amide bonds. The lowest BCUT2D eigenvalue weighted by atomic mass is 10.2. The Morgan fingerprint density at radius 2 is 1.75 bits per heavy atom. The van der Waals surface area contributed by atoms with Gasteiger partial charge in [0.05, 0.1) is 19.0 Å². The second kappa shape index (κ2) is 5.75. The molecule has 0 unspecified atom stereocenters. The summed E-state index contributed by atoms with van der Waals surface area (Å²) < 4.78 is 10.2. The fraction of sp³-hybridized carbons (Fsp3) is 0.364. The molecule has 88 valence electrons. The molecule has 0 bridgehead atoms. The minimum atomic E-state index is -0.246. The molecule has 0 fully saturated rings. The fourth-order valence-corrected chi connectivity index (χ4v) is 1.24. The van der Waals surface area contributed by atoms with Crippen LogP contribution in [0.25, 0.3) is 0 Å². The Morgan fingerprint density at radius 3 is 2.12 bits per heavy atom. The maximum Gasteiger partial charge on any atom is 0.237 e. The van der Waals surface area contributed by atoms with Crippen molar-refractivity contribution in [1.29, 1.82) is 0 Å². The van der Waals surface area contributed by atoms with Crippen molar-refractivity contribution < 1.29 is 14.3 Å². The number of carbonyl (C=O) groups is 1. The Balaban J connectivity index is 2.91. The molecule has 0 saturated carbocycles. The van der Waals surface area contributed by atoms with Gasteiger partial charge < -0.3 is 14.8 Å². The Hall–Kier alpha value is -1.23. The van der Waals surface area contributed by atoms with E-state index in [1.54, 1.807) is 39.3 Å². The SMILES string of the molecule is COc1cc(NC(=O)[C@@H](C)Br)cc(OC)c1. The highest BCUT2D eigenvalue weighted by molar-refractivity contribution is 9.10. The highest BCUT2D eigenvalue weighted by Gasteiger charge is 2.10. The molecule has 0 spiro atoms. The van der Waals surface area contributed by atoms with Crippen LogP contribution in [0.5, 0.6) is 11.5 Å². The van der Waals surface area contributed by atoms with Crippen LogP contribution in [0.4, 0.5) is 5.69 Å². The van der Waals surface area contributed by atoms with Crippen molar-refractivity contribution in [2.75, 3.05) is 19.5 Å². The molecule has 0 heterocycles. The molecule has 1 aromatic rings. The number of ether oxygens (including phenoxy) is 2. The Bertz CT molecular complexity index is 357. The largest absolute Gasteiger partial charge is 0.497 e. The lowest BCUT2D eigenvalue weighted by Gasteiger charge is -2.10. The van der Waals surface area contributed by atoms with Gasteiger partial charge in [-0.1, -0.05) is 15.9 Å². The quantitative estimate of drug-likeness (QED) is 0.866. The standard InChI is InChI=1S/C11H14BrNO3/c1-7(12)11(14)13-8-4-9(15-2)6-10(5-8)16-3/h4-7H,1-3H3,(H,13,14)/t7-/m1/s1. The number of methoxy groups -OCH3 is 2. The molecule has 0 aromatic heterocycles.